The van der Waals surface area contributed by atoms with Crippen LogP contribution in [0.5, 0.6) is 0 Å². The average molecular weight is 193 g/mol. The molecule has 0 heterocycles. The lowest BCUT2D eigenvalue weighted by Crippen LogP contribution is -1.99. The van der Waals surface area contributed by atoms with Crippen LogP contribution in [-0.2, 0) is 0 Å². The zero-order valence-corrected chi connectivity index (χ0v) is 6.40. The highest BCUT2D eigenvalue weighted by Crippen LogP contribution is 2.19. The normalized spacial score (nSPS) is 9.92. The zero-order chi connectivity index (χ0) is 9.30. The topological polar surface area (TPSA) is 37.3 Å². The molecule has 0 unspecified atom stereocenters. The minimum Gasteiger partial charge on any atom is -0.478 e. The van der Waals surface area contributed by atoms with Crippen molar-refractivity contribution in [3.8, 4) is 0 Å². The maximum Gasteiger partial charge on any atom is 0.337 e. The van der Waals surface area contributed by atoms with Gasteiger partial charge in [0.15, 0.2) is 11.6 Å². The van der Waals surface area contributed by atoms with Gasteiger partial charge in [0, 0.05) is 0 Å². The molecule has 12 heavy (non-hydrogen) atoms. The zero-order valence-electron chi connectivity index (χ0n) is 5.64. The van der Waals surface area contributed by atoms with Gasteiger partial charge in [0.1, 0.15) is 0 Å². The third-order valence-electron chi connectivity index (χ3n) is 1.24. The van der Waals surface area contributed by atoms with Gasteiger partial charge in [0.05, 0.1) is 10.6 Å². The standard InChI is InChI=1S/C7H3ClF2O2/c8-4-2-6(10)5(9)1-3(4)7(11)12/h1-2H,(H,11,12). The van der Waals surface area contributed by atoms with Crippen LogP contribution in [0.2, 0.25) is 5.02 Å². The fourth-order valence-electron chi connectivity index (χ4n) is 0.686. The Hall–Kier alpha value is -1.16. The van der Waals surface area contributed by atoms with Crippen LogP contribution in [0.15, 0.2) is 12.1 Å². The summed E-state index contributed by atoms with van der Waals surface area (Å²) >= 11 is 5.31. The van der Waals surface area contributed by atoms with E-state index in [9.17, 15) is 13.6 Å². The number of rotatable bonds is 1. The van der Waals surface area contributed by atoms with Crippen LogP contribution in [0, 0.1) is 11.6 Å². The smallest absolute Gasteiger partial charge is 0.337 e. The van der Waals surface area contributed by atoms with Crippen molar-refractivity contribution in [2.24, 2.45) is 0 Å². The summed E-state index contributed by atoms with van der Waals surface area (Å²) in [5, 5.41) is 8.09. The van der Waals surface area contributed by atoms with Gasteiger partial charge in [-0.05, 0) is 12.1 Å². The van der Waals surface area contributed by atoms with Crippen molar-refractivity contribution in [1.82, 2.24) is 0 Å². The predicted octanol–water partition coefficient (Wildman–Crippen LogP) is 2.32. The van der Waals surface area contributed by atoms with Gasteiger partial charge in [0.25, 0.3) is 0 Å². The molecule has 0 fully saturated rings. The largest absolute Gasteiger partial charge is 0.478 e. The van der Waals surface area contributed by atoms with E-state index in [0.29, 0.717) is 12.1 Å². The van der Waals surface area contributed by atoms with Gasteiger partial charge in [-0.2, -0.15) is 0 Å². The highest BCUT2D eigenvalue weighted by Gasteiger charge is 2.13. The molecule has 0 saturated heterocycles. The molecule has 0 aromatic heterocycles. The van der Waals surface area contributed by atoms with E-state index in [4.69, 9.17) is 16.7 Å². The Kier molecular flexibility index (Phi) is 2.28. The van der Waals surface area contributed by atoms with Gasteiger partial charge in [-0.1, -0.05) is 11.6 Å². The van der Waals surface area contributed by atoms with Crippen LogP contribution in [0.3, 0.4) is 0 Å². The third kappa shape index (κ3) is 1.53. The first-order valence-electron chi connectivity index (χ1n) is 2.90. The second kappa shape index (κ2) is 3.06. The van der Waals surface area contributed by atoms with Crippen molar-refractivity contribution < 1.29 is 18.7 Å². The Balaban J connectivity index is 3.33. The summed E-state index contributed by atoms with van der Waals surface area (Å²) in [6, 6.07) is 1.17. The Morgan fingerprint density at radius 2 is 1.83 bits per heavy atom. The van der Waals surface area contributed by atoms with Gasteiger partial charge in [-0.3, -0.25) is 0 Å². The second-order valence-corrected chi connectivity index (χ2v) is 2.46. The molecule has 0 saturated carbocycles. The van der Waals surface area contributed by atoms with Crippen LogP contribution in [0.1, 0.15) is 10.4 Å². The van der Waals surface area contributed by atoms with Crippen molar-refractivity contribution in [3.63, 3.8) is 0 Å². The number of carboxylic acid groups (broad SMARTS) is 1. The lowest BCUT2D eigenvalue weighted by atomic mass is 10.2. The molecule has 0 spiro atoms. The molecule has 2 nitrogen and oxygen atoms in total. The molecule has 0 aliphatic carbocycles. The molecule has 0 amide bonds. The first kappa shape index (κ1) is 8.93. The van der Waals surface area contributed by atoms with Gasteiger partial charge >= 0.3 is 5.97 Å². The Morgan fingerprint density at radius 3 is 2.33 bits per heavy atom. The van der Waals surface area contributed by atoms with E-state index < -0.39 is 23.2 Å². The maximum atomic E-state index is 12.4. The van der Waals surface area contributed by atoms with Crippen molar-refractivity contribution in [3.05, 3.63) is 34.4 Å². The molecule has 64 valence electrons. The minimum absolute atomic E-state index is 0.318. The van der Waals surface area contributed by atoms with Crippen molar-refractivity contribution >= 4 is 17.6 Å². The van der Waals surface area contributed by atoms with E-state index in [2.05, 4.69) is 0 Å². The number of carboxylic acids is 1. The summed E-state index contributed by atoms with van der Waals surface area (Å²) in [7, 11) is 0. The maximum absolute atomic E-state index is 12.4. The van der Waals surface area contributed by atoms with E-state index in [1.165, 1.54) is 0 Å². The van der Waals surface area contributed by atoms with Crippen LogP contribution in [0.25, 0.3) is 0 Å². The van der Waals surface area contributed by atoms with E-state index >= 15 is 0 Å². The number of benzene rings is 1. The summed E-state index contributed by atoms with van der Waals surface area (Å²) in [5.74, 6) is -3.78. The van der Waals surface area contributed by atoms with Crippen molar-refractivity contribution in [2.45, 2.75) is 0 Å². The van der Waals surface area contributed by atoms with Crippen LogP contribution in [-0.4, -0.2) is 11.1 Å². The van der Waals surface area contributed by atoms with E-state index in [1.807, 2.05) is 0 Å². The molecule has 0 radical (unpaired) electrons. The molecule has 1 aromatic carbocycles. The number of hydrogen-bond donors (Lipinski definition) is 1. The molecular formula is C7H3ClF2O2. The molecule has 1 rings (SSSR count). The minimum atomic E-state index is -1.39. The first-order valence-corrected chi connectivity index (χ1v) is 3.28. The van der Waals surface area contributed by atoms with E-state index in [-0.39, 0.29) is 5.02 Å². The van der Waals surface area contributed by atoms with Gasteiger partial charge in [-0.15, -0.1) is 0 Å². The van der Waals surface area contributed by atoms with Crippen LogP contribution in [0.4, 0.5) is 8.78 Å². The highest BCUT2D eigenvalue weighted by atomic mass is 35.5. The monoisotopic (exact) mass is 192 g/mol. The number of hydrogen-bond acceptors (Lipinski definition) is 1. The number of halogens is 3. The molecule has 0 bridgehead atoms. The molecule has 0 aliphatic rings. The Bertz CT molecular complexity index is 338. The van der Waals surface area contributed by atoms with Gasteiger partial charge in [0.2, 0.25) is 0 Å². The number of carbonyl (C=O) groups is 1. The van der Waals surface area contributed by atoms with Crippen molar-refractivity contribution in [1.29, 1.82) is 0 Å². The highest BCUT2D eigenvalue weighted by molar-refractivity contribution is 6.33. The lowest BCUT2D eigenvalue weighted by molar-refractivity contribution is 0.0696. The molecule has 1 N–H and O–H groups in total. The van der Waals surface area contributed by atoms with E-state index in [0.717, 1.165) is 0 Å². The molecule has 1 aromatic rings. The predicted molar refractivity (Wildman–Crippen MR) is 38.3 cm³/mol. The van der Waals surface area contributed by atoms with Crippen LogP contribution < -0.4 is 0 Å². The molecule has 5 heteroatoms. The molecule has 0 atom stereocenters. The lowest BCUT2D eigenvalue weighted by Gasteiger charge is -1.98. The Morgan fingerprint density at radius 1 is 1.33 bits per heavy atom. The summed E-state index contributed by atoms with van der Waals surface area (Å²) in [4.78, 5) is 10.3. The van der Waals surface area contributed by atoms with Gasteiger partial charge in [-0.25, -0.2) is 13.6 Å². The third-order valence-corrected chi connectivity index (χ3v) is 1.55. The molecular weight excluding hydrogens is 190 g/mol. The summed E-state index contributed by atoms with van der Waals surface area (Å²) < 4.78 is 24.8. The summed E-state index contributed by atoms with van der Waals surface area (Å²) in [6.45, 7) is 0. The van der Waals surface area contributed by atoms with E-state index in [1.54, 1.807) is 0 Å². The fraction of sp³-hybridized carbons (Fsp3) is 0. The van der Waals surface area contributed by atoms with Crippen LogP contribution >= 0.6 is 11.6 Å². The number of aromatic carboxylic acids is 1. The summed E-state index contributed by atoms with van der Waals surface area (Å²) in [6.07, 6.45) is 0. The average Bonchev–Trinajstić information content (AvgIpc) is 1.96. The SMILES string of the molecule is O=C(O)c1cc(F)c(F)cc1Cl. The Labute approximate surface area is 71.4 Å². The first-order chi connectivity index (χ1) is 5.52. The van der Waals surface area contributed by atoms with Gasteiger partial charge < -0.3 is 5.11 Å². The fourth-order valence-corrected chi connectivity index (χ4v) is 0.918. The molecule has 0 aliphatic heterocycles. The second-order valence-electron chi connectivity index (χ2n) is 2.05. The quantitative estimate of drug-likeness (QED) is 0.694. The van der Waals surface area contributed by atoms with Crippen molar-refractivity contribution in [2.75, 3.05) is 0 Å². The summed E-state index contributed by atoms with van der Waals surface area (Å²) in [5.41, 5.74) is -0.449.